The fourth-order valence-corrected chi connectivity index (χ4v) is 4.38. The van der Waals surface area contributed by atoms with Crippen LogP contribution in [0.2, 0.25) is 0 Å². The van der Waals surface area contributed by atoms with Gasteiger partial charge in [0.05, 0.1) is 19.1 Å². The molecule has 1 N–H and O–H groups in total. The average molecular weight is 282 g/mol. The summed E-state index contributed by atoms with van der Waals surface area (Å²) < 4.78 is 5.49. The Morgan fingerprint density at radius 2 is 2.15 bits per heavy atom. The molecule has 20 heavy (non-hydrogen) atoms. The van der Waals surface area contributed by atoms with Crippen LogP contribution in [-0.4, -0.2) is 71.8 Å². The van der Waals surface area contributed by atoms with Crippen LogP contribution in [0.1, 0.15) is 32.6 Å². The van der Waals surface area contributed by atoms with E-state index in [0.29, 0.717) is 25.3 Å². The highest BCUT2D eigenvalue weighted by Gasteiger charge is 2.46. The summed E-state index contributed by atoms with van der Waals surface area (Å²) in [4.78, 5) is 16.5. The summed E-state index contributed by atoms with van der Waals surface area (Å²) in [7, 11) is 0. The van der Waals surface area contributed by atoms with Crippen LogP contribution in [0.5, 0.6) is 0 Å². The number of ether oxygens (including phenoxy) is 1. The van der Waals surface area contributed by atoms with E-state index in [0.717, 1.165) is 13.0 Å². The number of carboxylic acids is 1. The molecule has 3 fully saturated rings. The van der Waals surface area contributed by atoms with Crippen LogP contribution >= 0.6 is 0 Å². The molecule has 3 heterocycles. The predicted octanol–water partition coefficient (Wildman–Crippen LogP) is 1.03. The SMILES string of the molecule is CCCN(C1COCC1C(=O)O)C1CCN2CCCC12. The van der Waals surface area contributed by atoms with Gasteiger partial charge in [-0.1, -0.05) is 6.92 Å². The summed E-state index contributed by atoms with van der Waals surface area (Å²) in [6.45, 7) is 6.54. The smallest absolute Gasteiger partial charge is 0.310 e. The van der Waals surface area contributed by atoms with Crippen molar-refractivity contribution < 1.29 is 14.6 Å². The van der Waals surface area contributed by atoms with Gasteiger partial charge in [0, 0.05) is 24.7 Å². The number of aliphatic carboxylic acids is 1. The fourth-order valence-electron chi connectivity index (χ4n) is 4.38. The zero-order chi connectivity index (χ0) is 14.1. The van der Waals surface area contributed by atoms with E-state index in [9.17, 15) is 9.90 Å². The third kappa shape index (κ3) is 2.47. The highest BCUT2D eigenvalue weighted by atomic mass is 16.5. The summed E-state index contributed by atoms with van der Waals surface area (Å²) in [5.74, 6) is -1.05. The van der Waals surface area contributed by atoms with Crippen molar-refractivity contribution in [1.82, 2.24) is 9.80 Å². The molecule has 4 unspecified atom stereocenters. The number of carbonyl (C=O) groups is 1. The van der Waals surface area contributed by atoms with Crippen molar-refractivity contribution in [3.8, 4) is 0 Å². The molecule has 0 bridgehead atoms. The molecule has 0 spiro atoms. The van der Waals surface area contributed by atoms with Gasteiger partial charge in [0.15, 0.2) is 0 Å². The maximum atomic E-state index is 11.4. The van der Waals surface area contributed by atoms with Crippen molar-refractivity contribution in [2.45, 2.75) is 50.7 Å². The lowest BCUT2D eigenvalue weighted by atomic mass is 9.96. The molecular formula is C15H26N2O3. The van der Waals surface area contributed by atoms with Gasteiger partial charge < -0.3 is 9.84 Å². The van der Waals surface area contributed by atoms with Crippen molar-refractivity contribution in [2.75, 3.05) is 32.8 Å². The number of fused-ring (bicyclic) bond motifs is 1. The number of rotatable bonds is 5. The molecule has 0 aromatic carbocycles. The minimum absolute atomic E-state index is 0.0676. The lowest BCUT2D eigenvalue weighted by Gasteiger charge is -2.38. The van der Waals surface area contributed by atoms with Gasteiger partial charge in [0.2, 0.25) is 0 Å². The zero-order valence-electron chi connectivity index (χ0n) is 12.3. The number of carboxylic acid groups (broad SMARTS) is 1. The van der Waals surface area contributed by atoms with Crippen molar-refractivity contribution in [1.29, 1.82) is 0 Å². The molecular weight excluding hydrogens is 256 g/mol. The molecule has 3 aliphatic heterocycles. The Labute approximate surface area is 120 Å². The average Bonchev–Trinajstić information content (AvgIpc) is 3.12. The summed E-state index contributed by atoms with van der Waals surface area (Å²) >= 11 is 0. The first-order valence-corrected chi connectivity index (χ1v) is 8.02. The van der Waals surface area contributed by atoms with Crippen LogP contribution < -0.4 is 0 Å². The topological polar surface area (TPSA) is 53.0 Å². The molecule has 0 aliphatic carbocycles. The molecule has 0 saturated carbocycles. The van der Waals surface area contributed by atoms with E-state index in [1.165, 1.54) is 32.4 Å². The fraction of sp³-hybridized carbons (Fsp3) is 0.933. The van der Waals surface area contributed by atoms with Crippen LogP contribution in [0.4, 0.5) is 0 Å². The van der Waals surface area contributed by atoms with Gasteiger partial charge in [0.25, 0.3) is 0 Å². The quantitative estimate of drug-likeness (QED) is 0.816. The number of hydrogen-bond donors (Lipinski definition) is 1. The first-order chi connectivity index (χ1) is 9.72. The normalized spacial score (nSPS) is 37.7. The van der Waals surface area contributed by atoms with Crippen LogP contribution in [-0.2, 0) is 9.53 Å². The Bertz CT molecular complexity index is 363. The molecule has 0 amide bonds. The molecule has 0 aromatic rings. The lowest BCUT2D eigenvalue weighted by molar-refractivity contribution is -0.143. The maximum absolute atomic E-state index is 11.4. The molecule has 5 heteroatoms. The Hall–Kier alpha value is -0.650. The Balaban J connectivity index is 1.76. The highest BCUT2D eigenvalue weighted by molar-refractivity contribution is 5.71. The van der Waals surface area contributed by atoms with Crippen molar-refractivity contribution in [2.24, 2.45) is 5.92 Å². The molecule has 5 nitrogen and oxygen atoms in total. The van der Waals surface area contributed by atoms with E-state index >= 15 is 0 Å². The second-order valence-corrected chi connectivity index (χ2v) is 6.39. The van der Waals surface area contributed by atoms with Gasteiger partial charge in [-0.05, 0) is 38.8 Å². The summed E-state index contributed by atoms with van der Waals surface area (Å²) in [6.07, 6.45) is 4.83. The molecule has 4 atom stereocenters. The monoisotopic (exact) mass is 282 g/mol. The summed E-state index contributed by atoms with van der Waals surface area (Å²) in [5, 5.41) is 9.41. The van der Waals surface area contributed by atoms with Crippen molar-refractivity contribution in [3.05, 3.63) is 0 Å². The van der Waals surface area contributed by atoms with E-state index in [-0.39, 0.29) is 12.0 Å². The Morgan fingerprint density at radius 1 is 1.30 bits per heavy atom. The maximum Gasteiger partial charge on any atom is 0.310 e. The number of nitrogens with zero attached hydrogens (tertiary/aromatic N) is 2. The van der Waals surface area contributed by atoms with Gasteiger partial charge >= 0.3 is 5.97 Å². The summed E-state index contributed by atoms with van der Waals surface area (Å²) in [5.41, 5.74) is 0. The van der Waals surface area contributed by atoms with E-state index in [1.54, 1.807) is 0 Å². The third-order valence-electron chi connectivity index (χ3n) is 5.27. The van der Waals surface area contributed by atoms with Gasteiger partial charge in [-0.25, -0.2) is 0 Å². The minimum atomic E-state index is -0.699. The molecule has 3 rings (SSSR count). The summed E-state index contributed by atoms with van der Waals surface area (Å²) in [6, 6.07) is 1.25. The molecule has 3 saturated heterocycles. The van der Waals surface area contributed by atoms with E-state index in [4.69, 9.17) is 4.74 Å². The minimum Gasteiger partial charge on any atom is -0.481 e. The van der Waals surface area contributed by atoms with Crippen LogP contribution in [0.3, 0.4) is 0 Å². The second kappa shape index (κ2) is 6.00. The molecule has 0 aromatic heterocycles. The molecule has 0 radical (unpaired) electrons. The van der Waals surface area contributed by atoms with E-state index in [2.05, 4.69) is 16.7 Å². The largest absolute Gasteiger partial charge is 0.481 e. The predicted molar refractivity (Wildman–Crippen MR) is 75.7 cm³/mol. The van der Waals surface area contributed by atoms with Crippen LogP contribution in [0.25, 0.3) is 0 Å². The van der Waals surface area contributed by atoms with Gasteiger partial charge in [-0.15, -0.1) is 0 Å². The van der Waals surface area contributed by atoms with E-state index < -0.39 is 5.97 Å². The molecule has 114 valence electrons. The first-order valence-electron chi connectivity index (χ1n) is 8.02. The zero-order valence-corrected chi connectivity index (χ0v) is 12.3. The second-order valence-electron chi connectivity index (χ2n) is 6.39. The van der Waals surface area contributed by atoms with Crippen LogP contribution in [0.15, 0.2) is 0 Å². The Kier molecular flexibility index (Phi) is 4.29. The highest BCUT2D eigenvalue weighted by Crippen LogP contribution is 2.34. The van der Waals surface area contributed by atoms with Gasteiger partial charge in [-0.3, -0.25) is 14.6 Å². The third-order valence-corrected chi connectivity index (χ3v) is 5.27. The Morgan fingerprint density at radius 3 is 2.90 bits per heavy atom. The van der Waals surface area contributed by atoms with E-state index in [1.807, 2.05) is 0 Å². The number of hydrogen-bond acceptors (Lipinski definition) is 4. The van der Waals surface area contributed by atoms with Crippen LogP contribution in [0, 0.1) is 5.92 Å². The molecule has 3 aliphatic rings. The lowest BCUT2D eigenvalue weighted by Crippen LogP contribution is -2.52. The van der Waals surface area contributed by atoms with Crippen molar-refractivity contribution in [3.63, 3.8) is 0 Å². The standard InChI is InChI=1S/C15H26N2O3/c1-2-6-17(14-10-20-9-11(14)15(18)19)13-5-8-16-7-3-4-12(13)16/h11-14H,2-10H2,1H3,(H,18,19). The van der Waals surface area contributed by atoms with Gasteiger partial charge in [-0.2, -0.15) is 0 Å². The van der Waals surface area contributed by atoms with Gasteiger partial charge in [0.1, 0.15) is 0 Å². The van der Waals surface area contributed by atoms with Crippen molar-refractivity contribution >= 4 is 5.97 Å². The first kappa shape index (κ1) is 14.3.